The third-order valence-corrected chi connectivity index (χ3v) is 3.55. The maximum Gasteiger partial charge on any atom is 0.237 e. The third-order valence-electron chi connectivity index (χ3n) is 3.55. The van der Waals surface area contributed by atoms with Gasteiger partial charge in [-0.25, -0.2) is 0 Å². The van der Waals surface area contributed by atoms with Crippen LogP contribution in [0.4, 0.5) is 0 Å². The van der Waals surface area contributed by atoms with Crippen molar-refractivity contribution >= 4 is 5.91 Å². The molecule has 0 radical (unpaired) electrons. The molecule has 1 amide bonds. The Labute approximate surface area is 90.8 Å². The van der Waals surface area contributed by atoms with Gasteiger partial charge in [-0.15, -0.1) is 0 Å². The molecule has 2 fully saturated rings. The van der Waals surface area contributed by atoms with E-state index in [1.165, 1.54) is 25.7 Å². The third kappa shape index (κ3) is 2.71. The molecule has 1 atom stereocenters. The zero-order chi connectivity index (χ0) is 10.8. The van der Waals surface area contributed by atoms with E-state index in [2.05, 4.69) is 5.32 Å². The molecule has 2 aliphatic carbocycles. The molecule has 1 unspecified atom stereocenters. The van der Waals surface area contributed by atoms with Gasteiger partial charge < -0.3 is 5.32 Å². The number of carbonyl (C=O) groups excluding carboxylic acids is 1. The molecule has 2 aliphatic rings. The van der Waals surface area contributed by atoms with Crippen LogP contribution in [-0.4, -0.2) is 12.5 Å². The topological polar surface area (TPSA) is 52.9 Å². The molecule has 0 spiro atoms. The van der Waals surface area contributed by atoms with Gasteiger partial charge in [0.2, 0.25) is 5.91 Å². The molecule has 1 N–H and O–H groups in total. The second-order valence-electron chi connectivity index (χ2n) is 4.93. The lowest BCUT2D eigenvalue weighted by atomic mass is 9.98. The molecule has 2 rings (SSSR count). The van der Waals surface area contributed by atoms with Crippen molar-refractivity contribution in [2.24, 2.45) is 23.7 Å². The van der Waals surface area contributed by atoms with Crippen molar-refractivity contribution in [3.8, 4) is 6.07 Å². The predicted molar refractivity (Wildman–Crippen MR) is 56.7 cm³/mol. The van der Waals surface area contributed by atoms with Crippen molar-refractivity contribution < 1.29 is 4.79 Å². The van der Waals surface area contributed by atoms with Gasteiger partial charge in [-0.05, 0) is 50.4 Å². The van der Waals surface area contributed by atoms with Crippen molar-refractivity contribution in [2.45, 2.75) is 32.6 Å². The van der Waals surface area contributed by atoms with E-state index in [1.807, 2.05) is 6.07 Å². The average molecular weight is 206 g/mol. The molecule has 3 heteroatoms. The van der Waals surface area contributed by atoms with Gasteiger partial charge in [0.1, 0.15) is 5.92 Å². The van der Waals surface area contributed by atoms with Gasteiger partial charge in [-0.2, -0.15) is 5.26 Å². The molecule has 15 heavy (non-hydrogen) atoms. The van der Waals surface area contributed by atoms with Gasteiger partial charge in [0.25, 0.3) is 0 Å². The lowest BCUT2D eigenvalue weighted by molar-refractivity contribution is -0.123. The van der Waals surface area contributed by atoms with E-state index < -0.39 is 5.92 Å². The number of nitrogens with one attached hydrogen (secondary N) is 1. The average Bonchev–Trinajstić information content (AvgIpc) is 3.07. The number of hydrogen-bond donors (Lipinski definition) is 1. The van der Waals surface area contributed by atoms with Crippen LogP contribution >= 0.6 is 0 Å². The quantitative estimate of drug-likeness (QED) is 0.744. The monoisotopic (exact) mass is 206 g/mol. The van der Waals surface area contributed by atoms with Crippen LogP contribution in [0.25, 0.3) is 0 Å². The van der Waals surface area contributed by atoms with E-state index >= 15 is 0 Å². The minimum atomic E-state index is -0.510. The molecule has 0 aliphatic heterocycles. The molecule has 0 aromatic carbocycles. The van der Waals surface area contributed by atoms with Crippen molar-refractivity contribution in [3.63, 3.8) is 0 Å². The number of amides is 1. The summed E-state index contributed by atoms with van der Waals surface area (Å²) in [5.41, 5.74) is 0. The summed E-state index contributed by atoms with van der Waals surface area (Å²) in [5, 5.41) is 11.5. The number of nitrogens with zero attached hydrogens (tertiary/aromatic N) is 1. The highest BCUT2D eigenvalue weighted by atomic mass is 16.1. The van der Waals surface area contributed by atoms with Crippen LogP contribution in [0.1, 0.15) is 32.6 Å². The summed E-state index contributed by atoms with van der Waals surface area (Å²) < 4.78 is 0. The zero-order valence-electron chi connectivity index (χ0n) is 9.20. The van der Waals surface area contributed by atoms with Crippen molar-refractivity contribution in [1.29, 1.82) is 5.26 Å². The lowest BCUT2D eigenvalue weighted by Crippen LogP contribution is -2.34. The first-order valence-electron chi connectivity index (χ1n) is 5.89. The highest BCUT2D eigenvalue weighted by Gasteiger charge is 2.41. The van der Waals surface area contributed by atoms with E-state index in [4.69, 9.17) is 5.26 Å². The molecular formula is C12H18N2O. The van der Waals surface area contributed by atoms with E-state index in [-0.39, 0.29) is 5.91 Å². The van der Waals surface area contributed by atoms with Gasteiger partial charge in [-0.3, -0.25) is 4.79 Å². The summed E-state index contributed by atoms with van der Waals surface area (Å²) in [7, 11) is 0. The Kier molecular flexibility index (Phi) is 2.95. The summed E-state index contributed by atoms with van der Waals surface area (Å²) in [6, 6.07) is 1.97. The van der Waals surface area contributed by atoms with E-state index in [0.717, 1.165) is 18.4 Å². The Bertz CT molecular complexity index is 274. The summed E-state index contributed by atoms with van der Waals surface area (Å²) in [6.45, 7) is 2.44. The second-order valence-corrected chi connectivity index (χ2v) is 4.93. The first-order valence-corrected chi connectivity index (χ1v) is 5.89. The minimum Gasteiger partial charge on any atom is -0.355 e. The molecule has 0 saturated heterocycles. The van der Waals surface area contributed by atoms with Crippen molar-refractivity contribution in [1.82, 2.24) is 5.32 Å². The van der Waals surface area contributed by atoms with Crippen molar-refractivity contribution in [3.05, 3.63) is 0 Å². The summed E-state index contributed by atoms with van der Waals surface area (Å²) in [5.74, 6) is 1.79. The van der Waals surface area contributed by atoms with E-state index in [0.29, 0.717) is 5.92 Å². The van der Waals surface area contributed by atoms with Crippen molar-refractivity contribution in [2.75, 3.05) is 6.54 Å². The Hall–Kier alpha value is -1.04. The van der Waals surface area contributed by atoms with Crippen LogP contribution < -0.4 is 5.32 Å². The summed E-state index contributed by atoms with van der Waals surface area (Å²) in [4.78, 5) is 11.4. The second kappa shape index (κ2) is 4.22. The minimum absolute atomic E-state index is 0.108. The van der Waals surface area contributed by atoms with Gasteiger partial charge >= 0.3 is 0 Å². The maximum absolute atomic E-state index is 11.4. The Morgan fingerprint density at radius 2 is 1.93 bits per heavy atom. The van der Waals surface area contributed by atoms with Gasteiger partial charge in [0.15, 0.2) is 0 Å². The highest BCUT2D eigenvalue weighted by molar-refractivity contribution is 5.80. The van der Waals surface area contributed by atoms with E-state index in [9.17, 15) is 4.79 Å². The van der Waals surface area contributed by atoms with Gasteiger partial charge in [0, 0.05) is 6.54 Å². The number of hydrogen-bond acceptors (Lipinski definition) is 2. The zero-order valence-corrected chi connectivity index (χ0v) is 9.20. The van der Waals surface area contributed by atoms with Crippen LogP contribution in [0, 0.1) is 35.0 Å². The highest BCUT2D eigenvalue weighted by Crippen LogP contribution is 2.48. The summed E-state index contributed by atoms with van der Waals surface area (Å²) in [6.07, 6.45) is 5.35. The van der Waals surface area contributed by atoms with Crippen LogP contribution in [0.3, 0.4) is 0 Å². The maximum atomic E-state index is 11.4. The molecule has 2 saturated carbocycles. The molecular weight excluding hydrogens is 188 g/mol. The Morgan fingerprint density at radius 1 is 1.40 bits per heavy atom. The van der Waals surface area contributed by atoms with Crippen LogP contribution in [0.5, 0.6) is 0 Å². The number of nitriles is 1. The SMILES string of the molecule is CC(C#N)C(=O)NCC(C1CC1)C1CC1. The smallest absolute Gasteiger partial charge is 0.237 e. The standard InChI is InChI=1S/C12H18N2O/c1-8(6-13)12(15)14-7-11(9-2-3-9)10-4-5-10/h8-11H,2-5,7H2,1H3,(H,14,15). The van der Waals surface area contributed by atoms with Crippen LogP contribution in [0.15, 0.2) is 0 Å². The predicted octanol–water partition coefficient (Wildman–Crippen LogP) is 1.70. The summed E-state index contributed by atoms with van der Waals surface area (Å²) >= 11 is 0. The fourth-order valence-corrected chi connectivity index (χ4v) is 2.20. The molecule has 82 valence electrons. The molecule has 0 bridgehead atoms. The first-order chi connectivity index (χ1) is 7.22. The van der Waals surface area contributed by atoms with Crippen LogP contribution in [0.2, 0.25) is 0 Å². The number of carbonyl (C=O) groups is 1. The lowest BCUT2D eigenvalue weighted by Gasteiger charge is -2.16. The normalized spacial score (nSPS) is 22.2. The van der Waals surface area contributed by atoms with E-state index in [1.54, 1.807) is 6.92 Å². The molecule has 3 nitrogen and oxygen atoms in total. The molecule has 0 aromatic rings. The fourth-order valence-electron chi connectivity index (χ4n) is 2.20. The first kappa shape index (κ1) is 10.5. The fraction of sp³-hybridized carbons (Fsp3) is 0.833. The molecule has 0 heterocycles. The van der Waals surface area contributed by atoms with Crippen LogP contribution in [-0.2, 0) is 4.79 Å². The molecule has 0 aromatic heterocycles. The Balaban J connectivity index is 1.75. The van der Waals surface area contributed by atoms with Gasteiger partial charge in [-0.1, -0.05) is 0 Å². The largest absolute Gasteiger partial charge is 0.355 e. The Morgan fingerprint density at radius 3 is 2.33 bits per heavy atom. The van der Waals surface area contributed by atoms with Gasteiger partial charge in [0.05, 0.1) is 6.07 Å². The number of rotatable bonds is 5.